The number of hydrogen-bond donors (Lipinski definition) is 2. The van der Waals surface area contributed by atoms with E-state index < -0.39 is 0 Å². The summed E-state index contributed by atoms with van der Waals surface area (Å²) in [5.74, 6) is 2.04. The van der Waals surface area contributed by atoms with Gasteiger partial charge in [0, 0.05) is 50.8 Å². The van der Waals surface area contributed by atoms with Crippen molar-refractivity contribution >= 4 is 39.7 Å². The van der Waals surface area contributed by atoms with E-state index in [0.29, 0.717) is 22.1 Å². The molecule has 0 aliphatic heterocycles. The van der Waals surface area contributed by atoms with E-state index in [1.54, 1.807) is 17.4 Å². The number of aliphatic imine (C=N–C) groups is 1. The largest absolute Gasteiger partial charge is 0.487 e. The molecule has 1 aromatic carbocycles. The van der Waals surface area contributed by atoms with Crippen molar-refractivity contribution < 1.29 is 9.53 Å². The molecular formula is C36H55N5O2S. The van der Waals surface area contributed by atoms with Gasteiger partial charge in [0.25, 0.3) is 5.91 Å². The van der Waals surface area contributed by atoms with Crippen LogP contribution in [0, 0.1) is 23.7 Å². The lowest BCUT2D eigenvalue weighted by molar-refractivity contribution is 0.0981. The van der Waals surface area contributed by atoms with Gasteiger partial charge < -0.3 is 24.2 Å². The van der Waals surface area contributed by atoms with Crippen molar-refractivity contribution in [2.24, 2.45) is 21.7 Å². The summed E-state index contributed by atoms with van der Waals surface area (Å²) in [6.45, 7) is 16.9. The number of benzene rings is 1. The summed E-state index contributed by atoms with van der Waals surface area (Å²) in [6, 6.07) is 7.86. The van der Waals surface area contributed by atoms with Crippen LogP contribution >= 0.6 is 10.7 Å². The lowest BCUT2D eigenvalue weighted by Crippen LogP contribution is -2.34. The molecule has 1 heterocycles. The van der Waals surface area contributed by atoms with E-state index in [9.17, 15) is 4.79 Å². The molecule has 1 saturated carbocycles. The maximum absolute atomic E-state index is 13.1. The highest BCUT2D eigenvalue weighted by atomic mass is 32.2. The topological polar surface area (TPSA) is 73.0 Å². The number of aromatic amines is 1. The number of amides is 1. The fourth-order valence-corrected chi connectivity index (χ4v) is 6.85. The van der Waals surface area contributed by atoms with Crippen molar-refractivity contribution in [1.82, 2.24) is 14.6 Å². The molecule has 44 heavy (non-hydrogen) atoms. The number of rotatable bonds is 14. The molecular weight excluding hydrogens is 566 g/mol. The number of H-pyrrole nitrogens is 1. The highest BCUT2D eigenvalue weighted by Gasteiger charge is 2.52. The summed E-state index contributed by atoms with van der Waals surface area (Å²) in [6.07, 6.45) is 12.0. The number of hydrogen-bond acceptors (Lipinski definition) is 5. The average molecular weight is 622 g/mol. The van der Waals surface area contributed by atoms with Gasteiger partial charge in [-0.2, -0.15) is 0 Å². The fourth-order valence-electron chi connectivity index (χ4n) is 6.33. The Hall–Kier alpha value is -2.84. The van der Waals surface area contributed by atoms with Gasteiger partial charge in [0.05, 0.1) is 5.56 Å². The standard InChI is InChI=1S/C36H55N5O2S/c1-10-35(5)16-14-28(31(24-35)36(6)23-27(36)4)25-40(7)19-20-41(8)29-12-13-30(34(42)39-44(9)11-2)32(22-29)43-21-18-38-33-26(3)15-17-37-33/h11-13,15,17-18,22,27,37H,10,14,16,19-21,23-25H2,1-9H3,(H,39,42)/t27?,35-,36?,44?/m0/s1. The van der Waals surface area contributed by atoms with Crippen molar-refractivity contribution in [3.8, 4) is 5.75 Å². The number of carbonyl (C=O) groups is 1. The van der Waals surface area contributed by atoms with Crippen LogP contribution in [-0.4, -0.2) is 74.0 Å². The maximum Gasteiger partial charge on any atom is 0.264 e. The van der Waals surface area contributed by atoms with E-state index in [-0.39, 0.29) is 23.2 Å². The molecule has 8 heteroatoms. The predicted molar refractivity (Wildman–Crippen MR) is 190 cm³/mol. The van der Waals surface area contributed by atoms with Crippen molar-refractivity contribution in [2.75, 3.05) is 51.5 Å². The van der Waals surface area contributed by atoms with Crippen LogP contribution in [0.3, 0.4) is 0 Å². The average Bonchev–Trinajstić information content (AvgIpc) is 3.42. The Morgan fingerprint density at radius 1 is 1.25 bits per heavy atom. The van der Waals surface area contributed by atoms with Crippen molar-refractivity contribution in [3.63, 3.8) is 0 Å². The zero-order valence-corrected chi connectivity index (χ0v) is 29.4. The minimum absolute atomic E-state index is 0.135. The summed E-state index contributed by atoms with van der Waals surface area (Å²) in [7, 11) is 4.05. The van der Waals surface area contributed by atoms with Gasteiger partial charge in [0.15, 0.2) is 0 Å². The molecule has 4 rings (SSSR count). The number of ether oxygens (including phenoxy) is 1. The van der Waals surface area contributed by atoms with Gasteiger partial charge in [-0.15, -0.1) is 10.7 Å². The first kappa shape index (κ1) is 34.0. The first-order chi connectivity index (χ1) is 20.9. The lowest BCUT2D eigenvalue weighted by Gasteiger charge is -2.39. The number of nitrogens with one attached hydrogen (secondary N) is 2. The molecule has 1 aromatic heterocycles. The molecule has 2 aromatic rings. The minimum Gasteiger partial charge on any atom is -0.487 e. The molecule has 4 atom stereocenters. The Bertz CT molecular complexity index is 1410. The number of likely N-dealkylation sites (N-methyl/N-ethyl adjacent to an activating group) is 2. The van der Waals surface area contributed by atoms with Crippen molar-refractivity contribution in [2.45, 2.75) is 73.6 Å². The minimum atomic E-state index is -0.314. The van der Waals surface area contributed by atoms with Crippen LogP contribution in [0.15, 0.2) is 46.6 Å². The maximum atomic E-state index is 13.1. The van der Waals surface area contributed by atoms with E-state index in [1.807, 2.05) is 55.9 Å². The number of allylic oxidation sites excluding steroid dienone is 1. The Morgan fingerprint density at radius 3 is 2.64 bits per heavy atom. The van der Waals surface area contributed by atoms with E-state index in [4.69, 9.17) is 4.74 Å². The normalized spacial score (nSPS) is 24.3. The molecule has 3 unspecified atom stereocenters. The van der Waals surface area contributed by atoms with Crippen LogP contribution < -0.4 is 14.4 Å². The van der Waals surface area contributed by atoms with Crippen molar-refractivity contribution in [1.29, 1.82) is 0 Å². The van der Waals surface area contributed by atoms with E-state index in [0.717, 1.165) is 42.6 Å². The second-order valence-corrected chi connectivity index (χ2v) is 15.4. The summed E-state index contributed by atoms with van der Waals surface area (Å²) in [5.41, 5.74) is 6.95. The molecule has 0 saturated heterocycles. The third kappa shape index (κ3) is 8.25. The van der Waals surface area contributed by atoms with E-state index in [2.05, 4.69) is 66.3 Å². The second kappa shape index (κ2) is 14.5. The van der Waals surface area contributed by atoms with Crippen LogP contribution in [-0.2, 0) is 0 Å². The SMILES string of the molecule is C/C=S(/C)NC(=O)c1ccc(N(C)CCN(C)CC2=C(C3(C)CC3C)C[C@@](C)(CC)CC2)cc1OCC=Nc1[nH]ccc1C. The Morgan fingerprint density at radius 2 is 2.00 bits per heavy atom. The number of aryl methyl sites for hydroxylation is 1. The first-order valence-corrected chi connectivity index (χ1v) is 17.9. The smallest absolute Gasteiger partial charge is 0.264 e. The van der Waals surface area contributed by atoms with Crippen molar-refractivity contribution in [3.05, 3.63) is 52.7 Å². The second-order valence-electron chi connectivity index (χ2n) is 13.6. The van der Waals surface area contributed by atoms with Crippen LogP contribution in [0.25, 0.3) is 0 Å². The summed E-state index contributed by atoms with van der Waals surface area (Å²) < 4.78 is 9.19. The fraction of sp³-hybridized carbons (Fsp3) is 0.583. The van der Waals surface area contributed by atoms with Gasteiger partial charge in [-0.05, 0) is 98.7 Å². The van der Waals surface area contributed by atoms with Gasteiger partial charge in [0.1, 0.15) is 18.2 Å². The first-order valence-electron chi connectivity index (χ1n) is 16.2. The molecule has 0 radical (unpaired) electrons. The molecule has 2 aliphatic rings. The highest BCUT2D eigenvalue weighted by Crippen LogP contribution is 2.62. The molecule has 2 N–H and O–H groups in total. The van der Waals surface area contributed by atoms with Crippen LogP contribution in [0.5, 0.6) is 5.75 Å². The van der Waals surface area contributed by atoms with Crippen LogP contribution in [0.4, 0.5) is 11.5 Å². The summed E-state index contributed by atoms with van der Waals surface area (Å²) in [5, 5.41) is 1.99. The third-order valence-corrected chi connectivity index (χ3v) is 11.5. The Balaban J connectivity index is 1.43. The lowest BCUT2D eigenvalue weighted by atomic mass is 9.67. The molecule has 242 valence electrons. The molecule has 1 fully saturated rings. The zero-order valence-electron chi connectivity index (χ0n) is 28.5. The zero-order chi connectivity index (χ0) is 32.1. The number of anilines is 1. The van der Waals surface area contributed by atoms with Crippen LogP contribution in [0.1, 0.15) is 82.6 Å². The monoisotopic (exact) mass is 621 g/mol. The molecule has 2 aliphatic carbocycles. The predicted octanol–water partition coefficient (Wildman–Crippen LogP) is 7.78. The number of aromatic nitrogens is 1. The van der Waals surface area contributed by atoms with E-state index in [1.165, 1.54) is 32.1 Å². The van der Waals surface area contributed by atoms with Gasteiger partial charge in [-0.25, -0.2) is 4.99 Å². The third-order valence-electron chi connectivity index (χ3n) is 10.3. The molecule has 0 bridgehead atoms. The molecule has 7 nitrogen and oxygen atoms in total. The van der Waals surface area contributed by atoms with Gasteiger partial charge in [0.2, 0.25) is 0 Å². The highest BCUT2D eigenvalue weighted by molar-refractivity contribution is 8.13. The Labute approximate surface area is 268 Å². The Kier molecular flexibility index (Phi) is 11.2. The van der Waals surface area contributed by atoms with Crippen LogP contribution in [0.2, 0.25) is 0 Å². The van der Waals surface area contributed by atoms with Gasteiger partial charge in [-0.1, -0.05) is 45.3 Å². The number of carbonyl (C=O) groups excluding carboxylic acids is 1. The van der Waals surface area contributed by atoms with Gasteiger partial charge in [-0.3, -0.25) is 4.79 Å². The summed E-state index contributed by atoms with van der Waals surface area (Å²) in [4.78, 5) is 25.4. The quantitative estimate of drug-likeness (QED) is 0.128. The van der Waals surface area contributed by atoms with Gasteiger partial charge >= 0.3 is 0 Å². The summed E-state index contributed by atoms with van der Waals surface area (Å²) >= 11 is 0. The van der Waals surface area contributed by atoms with E-state index >= 15 is 0 Å². The molecule has 0 spiro atoms. The number of nitrogens with zero attached hydrogens (tertiary/aromatic N) is 3. The molecule has 1 amide bonds.